The molecule has 1 aliphatic rings. The molecule has 0 aliphatic carbocycles. The van der Waals surface area contributed by atoms with Gasteiger partial charge in [-0.25, -0.2) is 17.5 Å². The molecule has 0 amide bonds. The Morgan fingerprint density at radius 1 is 1.43 bits per heavy atom. The van der Waals surface area contributed by atoms with Crippen LogP contribution >= 0.6 is 11.8 Å². The molecule has 7 heteroatoms. The van der Waals surface area contributed by atoms with Crippen molar-refractivity contribution >= 4 is 21.8 Å². The van der Waals surface area contributed by atoms with Crippen molar-refractivity contribution in [2.24, 2.45) is 0 Å². The lowest BCUT2D eigenvalue weighted by atomic mass is 10.2. The first-order valence-corrected chi connectivity index (χ1v) is 9.66. The zero-order chi connectivity index (χ0) is 15.3. The van der Waals surface area contributed by atoms with Crippen molar-refractivity contribution < 1.29 is 12.8 Å². The molecule has 1 aromatic rings. The molecule has 2 rings (SSSR count). The second kappa shape index (κ2) is 7.58. The van der Waals surface area contributed by atoms with E-state index in [4.69, 9.17) is 0 Å². The van der Waals surface area contributed by atoms with E-state index in [9.17, 15) is 12.8 Å². The monoisotopic (exact) mass is 332 g/mol. The maximum absolute atomic E-state index is 13.4. The van der Waals surface area contributed by atoms with Crippen molar-refractivity contribution in [2.45, 2.75) is 36.5 Å². The van der Waals surface area contributed by atoms with E-state index in [1.807, 2.05) is 6.92 Å². The molecule has 21 heavy (non-hydrogen) atoms. The standard InChI is InChI=1S/C14H21FN2O2S2/c1-2-16-9-11-5-6-12(15)8-14(11)21(18,19)17-10-13-4-3-7-20-13/h5-6,8,13,16-17H,2-4,7,9-10H2,1H3. The predicted octanol–water partition coefficient (Wildman–Crippen LogP) is 2.11. The molecular formula is C14H21FN2O2S2. The van der Waals surface area contributed by atoms with Gasteiger partial charge in [0, 0.05) is 18.3 Å². The van der Waals surface area contributed by atoms with Gasteiger partial charge >= 0.3 is 0 Å². The van der Waals surface area contributed by atoms with Gasteiger partial charge in [-0.05, 0) is 42.8 Å². The maximum atomic E-state index is 13.4. The fourth-order valence-corrected chi connectivity index (χ4v) is 4.91. The summed E-state index contributed by atoms with van der Waals surface area (Å²) in [5.41, 5.74) is 0.588. The highest BCUT2D eigenvalue weighted by Gasteiger charge is 2.22. The average molecular weight is 332 g/mol. The van der Waals surface area contributed by atoms with Crippen LogP contribution in [0.15, 0.2) is 23.1 Å². The second-order valence-corrected chi connectivity index (χ2v) is 8.16. The van der Waals surface area contributed by atoms with Gasteiger partial charge in [-0.2, -0.15) is 11.8 Å². The molecule has 0 aromatic heterocycles. The molecule has 0 saturated carbocycles. The molecule has 1 unspecified atom stereocenters. The van der Waals surface area contributed by atoms with Crippen LogP contribution in [0.4, 0.5) is 4.39 Å². The Hall–Kier alpha value is -0.630. The highest BCUT2D eigenvalue weighted by molar-refractivity contribution is 8.00. The Morgan fingerprint density at radius 3 is 2.90 bits per heavy atom. The minimum Gasteiger partial charge on any atom is -0.313 e. The van der Waals surface area contributed by atoms with Crippen molar-refractivity contribution in [1.82, 2.24) is 10.0 Å². The minimum atomic E-state index is -3.67. The molecular weight excluding hydrogens is 311 g/mol. The third-order valence-corrected chi connectivity index (χ3v) is 6.31. The lowest BCUT2D eigenvalue weighted by molar-refractivity contribution is 0.571. The van der Waals surface area contributed by atoms with Gasteiger partial charge < -0.3 is 5.32 Å². The van der Waals surface area contributed by atoms with E-state index in [0.717, 1.165) is 31.2 Å². The van der Waals surface area contributed by atoms with Gasteiger partial charge in [0.1, 0.15) is 5.82 Å². The van der Waals surface area contributed by atoms with E-state index in [1.54, 1.807) is 11.8 Å². The van der Waals surface area contributed by atoms with Gasteiger partial charge in [0.2, 0.25) is 10.0 Å². The van der Waals surface area contributed by atoms with Crippen LogP contribution < -0.4 is 10.0 Å². The fraction of sp³-hybridized carbons (Fsp3) is 0.571. The van der Waals surface area contributed by atoms with Crippen LogP contribution in [0.5, 0.6) is 0 Å². The summed E-state index contributed by atoms with van der Waals surface area (Å²) in [6.07, 6.45) is 2.16. The van der Waals surface area contributed by atoms with Crippen LogP contribution in [0.1, 0.15) is 25.3 Å². The Labute approximate surface area is 129 Å². The number of nitrogens with one attached hydrogen (secondary N) is 2. The molecule has 4 nitrogen and oxygen atoms in total. The third-order valence-electron chi connectivity index (χ3n) is 3.41. The van der Waals surface area contributed by atoms with Crippen LogP contribution in [-0.4, -0.2) is 32.5 Å². The first kappa shape index (κ1) is 16.7. The lowest BCUT2D eigenvalue weighted by Gasteiger charge is -2.14. The van der Waals surface area contributed by atoms with Crippen LogP contribution in [0.25, 0.3) is 0 Å². The summed E-state index contributed by atoms with van der Waals surface area (Å²) < 4.78 is 40.9. The first-order chi connectivity index (χ1) is 10.0. The number of halogens is 1. The van der Waals surface area contributed by atoms with Crippen molar-refractivity contribution in [1.29, 1.82) is 0 Å². The topological polar surface area (TPSA) is 58.2 Å². The number of hydrogen-bond donors (Lipinski definition) is 2. The van der Waals surface area contributed by atoms with Gasteiger partial charge in [-0.15, -0.1) is 0 Å². The Bertz CT molecular complexity index is 572. The van der Waals surface area contributed by atoms with Crippen LogP contribution in [-0.2, 0) is 16.6 Å². The molecule has 1 atom stereocenters. The average Bonchev–Trinajstić information content (AvgIpc) is 2.97. The van der Waals surface area contributed by atoms with Gasteiger partial charge in [-0.1, -0.05) is 13.0 Å². The highest BCUT2D eigenvalue weighted by atomic mass is 32.2. The van der Waals surface area contributed by atoms with E-state index in [0.29, 0.717) is 23.9 Å². The molecule has 2 N–H and O–H groups in total. The van der Waals surface area contributed by atoms with Crippen molar-refractivity contribution in [3.63, 3.8) is 0 Å². The summed E-state index contributed by atoms with van der Waals surface area (Å²) in [7, 11) is -3.67. The summed E-state index contributed by atoms with van der Waals surface area (Å²) in [6, 6.07) is 3.91. The first-order valence-electron chi connectivity index (χ1n) is 7.13. The zero-order valence-electron chi connectivity index (χ0n) is 12.1. The maximum Gasteiger partial charge on any atom is 0.241 e. The predicted molar refractivity (Wildman–Crippen MR) is 84.4 cm³/mol. The number of thioether (sulfide) groups is 1. The largest absolute Gasteiger partial charge is 0.313 e. The summed E-state index contributed by atoms with van der Waals surface area (Å²) in [5, 5.41) is 3.40. The van der Waals surface area contributed by atoms with Gasteiger partial charge in [-0.3, -0.25) is 0 Å². The SMILES string of the molecule is CCNCc1ccc(F)cc1S(=O)(=O)NCC1CCCS1. The zero-order valence-corrected chi connectivity index (χ0v) is 13.7. The van der Waals surface area contributed by atoms with E-state index in [1.165, 1.54) is 12.1 Å². The minimum absolute atomic E-state index is 0.0337. The second-order valence-electron chi connectivity index (χ2n) is 5.02. The van der Waals surface area contributed by atoms with E-state index in [2.05, 4.69) is 10.0 Å². The van der Waals surface area contributed by atoms with E-state index >= 15 is 0 Å². The molecule has 0 spiro atoms. The van der Waals surface area contributed by atoms with Crippen molar-refractivity contribution in [3.8, 4) is 0 Å². The Kier molecular flexibility index (Phi) is 6.04. The summed E-state index contributed by atoms with van der Waals surface area (Å²) in [5.74, 6) is 0.545. The van der Waals surface area contributed by atoms with Crippen molar-refractivity contribution in [3.05, 3.63) is 29.6 Å². The van der Waals surface area contributed by atoms with Crippen molar-refractivity contribution in [2.75, 3.05) is 18.8 Å². The summed E-state index contributed by atoms with van der Waals surface area (Å²) in [6.45, 7) is 3.48. The van der Waals surface area contributed by atoms with Crippen LogP contribution in [0.3, 0.4) is 0 Å². The lowest BCUT2D eigenvalue weighted by Crippen LogP contribution is -2.31. The third kappa shape index (κ3) is 4.67. The molecule has 1 aliphatic heterocycles. The quantitative estimate of drug-likeness (QED) is 0.803. The fourth-order valence-electron chi connectivity index (χ4n) is 2.27. The van der Waals surface area contributed by atoms with Gasteiger partial charge in [0.15, 0.2) is 0 Å². The molecule has 118 valence electrons. The molecule has 1 aromatic carbocycles. The smallest absolute Gasteiger partial charge is 0.241 e. The Morgan fingerprint density at radius 2 is 2.24 bits per heavy atom. The summed E-state index contributed by atoms with van der Waals surface area (Å²) >= 11 is 1.79. The number of hydrogen-bond acceptors (Lipinski definition) is 4. The molecule has 1 heterocycles. The normalized spacial score (nSPS) is 19.0. The van der Waals surface area contributed by atoms with E-state index < -0.39 is 15.8 Å². The summed E-state index contributed by atoms with van der Waals surface area (Å²) in [4.78, 5) is 0.0337. The Balaban J connectivity index is 2.14. The molecule has 0 bridgehead atoms. The molecule has 0 radical (unpaired) electrons. The van der Waals surface area contributed by atoms with Gasteiger partial charge in [0.25, 0.3) is 0 Å². The number of benzene rings is 1. The molecule has 1 fully saturated rings. The van der Waals surface area contributed by atoms with Crippen LogP contribution in [0.2, 0.25) is 0 Å². The van der Waals surface area contributed by atoms with Crippen LogP contribution in [0, 0.1) is 5.82 Å². The number of sulfonamides is 1. The molecule has 1 saturated heterocycles. The van der Waals surface area contributed by atoms with E-state index in [-0.39, 0.29) is 4.90 Å². The number of rotatable bonds is 7. The highest BCUT2D eigenvalue weighted by Crippen LogP contribution is 2.26. The van der Waals surface area contributed by atoms with Gasteiger partial charge in [0.05, 0.1) is 4.90 Å².